The van der Waals surface area contributed by atoms with Crippen LogP contribution in [0.3, 0.4) is 0 Å². The van der Waals surface area contributed by atoms with Gasteiger partial charge in [-0.05, 0) is 55.3 Å². The summed E-state index contributed by atoms with van der Waals surface area (Å²) in [5.41, 5.74) is 8.48. The third-order valence-electron chi connectivity index (χ3n) is 2.57. The van der Waals surface area contributed by atoms with Crippen molar-refractivity contribution < 1.29 is 4.74 Å². The van der Waals surface area contributed by atoms with Gasteiger partial charge in [0.2, 0.25) is 0 Å². The fraction of sp³-hybridized carbons (Fsp3) is 0.143. The fourth-order valence-electron chi connectivity index (χ4n) is 1.59. The number of aryl methyl sites for hydroxylation is 2. The van der Waals surface area contributed by atoms with Crippen molar-refractivity contribution in [2.75, 3.05) is 5.73 Å². The number of anilines is 1. The largest absolute Gasteiger partial charge is 0.457 e. The number of ether oxygens (including phenoxy) is 1. The summed E-state index contributed by atoms with van der Waals surface area (Å²) in [7, 11) is 0. The molecule has 3 heteroatoms. The van der Waals surface area contributed by atoms with E-state index in [0.717, 1.165) is 28.3 Å². The molecule has 2 N–H and O–H groups in total. The Morgan fingerprint density at radius 2 is 1.71 bits per heavy atom. The summed E-state index contributed by atoms with van der Waals surface area (Å²) >= 11 is 5.95. The van der Waals surface area contributed by atoms with Gasteiger partial charge in [0, 0.05) is 10.7 Å². The zero-order valence-electron chi connectivity index (χ0n) is 9.83. The number of nitrogen functional groups attached to an aromatic ring is 1. The van der Waals surface area contributed by atoms with Crippen LogP contribution in [0.15, 0.2) is 36.4 Å². The van der Waals surface area contributed by atoms with Crippen molar-refractivity contribution in [2.24, 2.45) is 0 Å². The van der Waals surface area contributed by atoms with Crippen LogP contribution in [-0.2, 0) is 0 Å². The van der Waals surface area contributed by atoms with Gasteiger partial charge in [-0.25, -0.2) is 0 Å². The minimum absolute atomic E-state index is 0.665. The van der Waals surface area contributed by atoms with Crippen LogP contribution in [0.2, 0.25) is 5.02 Å². The van der Waals surface area contributed by atoms with Gasteiger partial charge >= 0.3 is 0 Å². The van der Waals surface area contributed by atoms with E-state index in [4.69, 9.17) is 22.1 Å². The van der Waals surface area contributed by atoms with Gasteiger partial charge in [0.15, 0.2) is 0 Å². The molecule has 2 nitrogen and oxygen atoms in total. The Morgan fingerprint density at radius 1 is 0.941 bits per heavy atom. The average Bonchev–Trinajstić information content (AvgIpc) is 2.27. The Morgan fingerprint density at radius 3 is 2.41 bits per heavy atom. The predicted octanol–water partition coefficient (Wildman–Crippen LogP) is 4.33. The van der Waals surface area contributed by atoms with E-state index in [2.05, 4.69) is 0 Å². The third-order valence-corrected chi connectivity index (χ3v) is 2.80. The molecule has 0 bridgehead atoms. The lowest BCUT2D eigenvalue weighted by molar-refractivity contribution is 0.475. The van der Waals surface area contributed by atoms with E-state index in [1.54, 1.807) is 0 Å². The van der Waals surface area contributed by atoms with Crippen molar-refractivity contribution in [1.29, 1.82) is 0 Å². The first kappa shape index (κ1) is 11.8. The van der Waals surface area contributed by atoms with Crippen molar-refractivity contribution in [3.8, 4) is 11.5 Å². The zero-order valence-corrected chi connectivity index (χ0v) is 10.6. The molecule has 0 aromatic heterocycles. The lowest BCUT2D eigenvalue weighted by Crippen LogP contribution is -1.92. The van der Waals surface area contributed by atoms with Crippen molar-refractivity contribution in [1.82, 2.24) is 0 Å². The molecule has 0 aliphatic rings. The highest BCUT2D eigenvalue weighted by atomic mass is 35.5. The summed E-state index contributed by atoms with van der Waals surface area (Å²) in [6.07, 6.45) is 0. The van der Waals surface area contributed by atoms with Crippen LogP contribution >= 0.6 is 11.6 Å². The van der Waals surface area contributed by atoms with Crippen LogP contribution in [0.1, 0.15) is 11.1 Å². The molecule has 2 aromatic carbocycles. The number of rotatable bonds is 2. The van der Waals surface area contributed by atoms with Gasteiger partial charge in [-0.15, -0.1) is 0 Å². The van der Waals surface area contributed by atoms with Crippen LogP contribution < -0.4 is 10.5 Å². The van der Waals surface area contributed by atoms with Crippen molar-refractivity contribution in [3.63, 3.8) is 0 Å². The van der Waals surface area contributed by atoms with Gasteiger partial charge in [-0.1, -0.05) is 17.7 Å². The fourth-order valence-corrected chi connectivity index (χ4v) is 1.75. The maximum Gasteiger partial charge on any atom is 0.131 e. The van der Waals surface area contributed by atoms with E-state index in [1.807, 2.05) is 50.2 Å². The predicted molar refractivity (Wildman–Crippen MR) is 71.9 cm³/mol. The normalized spacial score (nSPS) is 10.3. The lowest BCUT2D eigenvalue weighted by Gasteiger charge is -2.11. The summed E-state index contributed by atoms with van der Waals surface area (Å²) in [6, 6.07) is 11.2. The highest BCUT2D eigenvalue weighted by Gasteiger charge is 2.05. The highest BCUT2D eigenvalue weighted by molar-refractivity contribution is 6.30. The minimum Gasteiger partial charge on any atom is -0.457 e. The summed E-state index contributed by atoms with van der Waals surface area (Å²) in [5.74, 6) is 1.56. The van der Waals surface area contributed by atoms with Crippen molar-refractivity contribution in [2.45, 2.75) is 13.8 Å². The second-order valence-electron chi connectivity index (χ2n) is 4.04. The monoisotopic (exact) mass is 247 g/mol. The Balaban J connectivity index is 2.34. The molecule has 2 aromatic rings. The van der Waals surface area contributed by atoms with E-state index in [9.17, 15) is 0 Å². The molecule has 0 saturated carbocycles. The quantitative estimate of drug-likeness (QED) is 0.802. The number of halogens is 1. The van der Waals surface area contributed by atoms with Gasteiger partial charge in [0.1, 0.15) is 11.5 Å². The maximum atomic E-state index is 5.95. The van der Waals surface area contributed by atoms with Crippen molar-refractivity contribution >= 4 is 17.3 Å². The molecule has 17 heavy (non-hydrogen) atoms. The van der Waals surface area contributed by atoms with Gasteiger partial charge in [-0.2, -0.15) is 0 Å². The van der Waals surface area contributed by atoms with Gasteiger partial charge < -0.3 is 10.5 Å². The third kappa shape index (κ3) is 2.71. The summed E-state index contributed by atoms with van der Waals surface area (Å²) < 4.78 is 5.84. The standard InChI is InChI=1S/C14H14ClNO/c1-9-3-4-11(15)8-14(9)17-13-6-5-12(16)7-10(13)2/h3-8H,16H2,1-2H3. The molecule has 0 fully saturated rings. The van der Waals surface area contributed by atoms with Crippen molar-refractivity contribution in [3.05, 3.63) is 52.5 Å². The molecular formula is C14H14ClNO. The molecule has 0 amide bonds. The second kappa shape index (κ2) is 4.68. The van der Waals surface area contributed by atoms with Gasteiger partial charge in [0.05, 0.1) is 0 Å². The van der Waals surface area contributed by atoms with E-state index in [0.29, 0.717) is 5.02 Å². The molecule has 0 saturated heterocycles. The van der Waals surface area contributed by atoms with Crippen LogP contribution in [0.25, 0.3) is 0 Å². The summed E-state index contributed by atoms with van der Waals surface area (Å²) in [6.45, 7) is 3.95. The number of hydrogen-bond acceptors (Lipinski definition) is 2. The molecule has 0 spiro atoms. The molecule has 0 unspecified atom stereocenters. The van der Waals surface area contributed by atoms with E-state index < -0.39 is 0 Å². The van der Waals surface area contributed by atoms with Crippen LogP contribution in [0.5, 0.6) is 11.5 Å². The lowest BCUT2D eigenvalue weighted by atomic mass is 10.2. The number of nitrogens with two attached hydrogens (primary N) is 1. The zero-order chi connectivity index (χ0) is 12.4. The van der Waals surface area contributed by atoms with E-state index >= 15 is 0 Å². The van der Waals surface area contributed by atoms with Gasteiger partial charge in [0.25, 0.3) is 0 Å². The topological polar surface area (TPSA) is 35.2 Å². The highest BCUT2D eigenvalue weighted by Crippen LogP contribution is 2.30. The SMILES string of the molecule is Cc1cc(N)ccc1Oc1cc(Cl)ccc1C. The Labute approximate surface area is 106 Å². The molecule has 0 radical (unpaired) electrons. The smallest absolute Gasteiger partial charge is 0.131 e. The van der Waals surface area contributed by atoms with Crippen LogP contribution in [0.4, 0.5) is 5.69 Å². The molecule has 2 rings (SSSR count). The average molecular weight is 248 g/mol. The first-order valence-electron chi connectivity index (χ1n) is 5.36. The van der Waals surface area contributed by atoms with E-state index in [1.165, 1.54) is 0 Å². The van der Waals surface area contributed by atoms with Crippen LogP contribution in [-0.4, -0.2) is 0 Å². The Bertz CT molecular complexity index is 552. The summed E-state index contributed by atoms with van der Waals surface area (Å²) in [4.78, 5) is 0. The van der Waals surface area contributed by atoms with E-state index in [-0.39, 0.29) is 0 Å². The first-order chi connectivity index (χ1) is 8.06. The molecule has 0 atom stereocenters. The Hall–Kier alpha value is -1.67. The molecular weight excluding hydrogens is 234 g/mol. The minimum atomic E-state index is 0.665. The molecule has 0 aliphatic heterocycles. The summed E-state index contributed by atoms with van der Waals surface area (Å²) in [5, 5.41) is 0.665. The molecule has 0 heterocycles. The maximum absolute atomic E-state index is 5.95. The molecule has 0 aliphatic carbocycles. The second-order valence-corrected chi connectivity index (χ2v) is 4.47. The number of hydrogen-bond donors (Lipinski definition) is 1. The van der Waals surface area contributed by atoms with Gasteiger partial charge in [-0.3, -0.25) is 0 Å². The Kier molecular flexibility index (Phi) is 3.25. The number of benzene rings is 2. The first-order valence-corrected chi connectivity index (χ1v) is 5.74. The van der Waals surface area contributed by atoms with Crippen LogP contribution in [0, 0.1) is 13.8 Å². The molecule has 88 valence electrons.